The van der Waals surface area contributed by atoms with Crippen LogP contribution in [0.15, 0.2) is 66.9 Å². The highest BCUT2D eigenvalue weighted by Crippen LogP contribution is 2.27. The van der Waals surface area contributed by atoms with Crippen LogP contribution in [0.25, 0.3) is 0 Å². The molecule has 0 amide bonds. The summed E-state index contributed by atoms with van der Waals surface area (Å²) in [4.78, 5) is 2.30. The van der Waals surface area contributed by atoms with Crippen LogP contribution in [-0.2, 0) is 6.54 Å². The number of aliphatic hydroxyl groups is 1. The Morgan fingerprint density at radius 1 is 1.10 bits per heavy atom. The van der Waals surface area contributed by atoms with Gasteiger partial charge in [0.25, 0.3) is 0 Å². The Hall–Kier alpha value is -2.18. The van der Waals surface area contributed by atoms with Crippen LogP contribution >= 0.6 is 11.6 Å². The number of benzene rings is 2. The van der Waals surface area contributed by atoms with E-state index in [-0.39, 0.29) is 11.9 Å². The summed E-state index contributed by atoms with van der Waals surface area (Å²) < 4.78 is 16.0. The van der Waals surface area contributed by atoms with Gasteiger partial charge in [0.05, 0.1) is 6.54 Å². The molecule has 3 aromatic rings. The number of piperazine rings is 1. The standard InChI is InChI=1S/C23H25ClFN3O/c24-19-9-7-17(8-10-19)22-14-26-11-13-28(22)16-23(29)21-6-3-12-27(21)15-18-4-1-2-5-20(18)25/h1-10,12,22-23,26,29H,11,13-16H2. The maximum atomic E-state index is 14.1. The number of nitrogens with one attached hydrogen (secondary N) is 1. The van der Waals surface area contributed by atoms with E-state index >= 15 is 0 Å². The molecule has 1 aliphatic rings. The molecule has 29 heavy (non-hydrogen) atoms. The molecule has 6 heteroatoms. The van der Waals surface area contributed by atoms with E-state index in [1.165, 1.54) is 11.6 Å². The van der Waals surface area contributed by atoms with Crippen molar-refractivity contribution in [3.8, 4) is 0 Å². The van der Waals surface area contributed by atoms with E-state index in [9.17, 15) is 9.50 Å². The summed E-state index contributed by atoms with van der Waals surface area (Å²) >= 11 is 6.04. The minimum absolute atomic E-state index is 0.172. The molecule has 0 saturated carbocycles. The highest BCUT2D eigenvalue weighted by Gasteiger charge is 2.27. The summed E-state index contributed by atoms with van der Waals surface area (Å²) in [5.74, 6) is -0.230. The van der Waals surface area contributed by atoms with Crippen molar-refractivity contribution < 1.29 is 9.50 Å². The second-order valence-corrected chi connectivity index (χ2v) is 7.87. The van der Waals surface area contributed by atoms with Crippen LogP contribution in [0.3, 0.4) is 0 Å². The Bertz CT molecular complexity index is 943. The van der Waals surface area contributed by atoms with Crippen LogP contribution in [0.2, 0.25) is 5.02 Å². The van der Waals surface area contributed by atoms with Crippen molar-refractivity contribution in [2.45, 2.75) is 18.7 Å². The zero-order valence-corrected chi connectivity index (χ0v) is 16.9. The van der Waals surface area contributed by atoms with Gasteiger partial charge in [-0.2, -0.15) is 0 Å². The molecule has 4 nitrogen and oxygen atoms in total. The van der Waals surface area contributed by atoms with Gasteiger partial charge in [-0.1, -0.05) is 41.9 Å². The van der Waals surface area contributed by atoms with Gasteiger partial charge in [-0.3, -0.25) is 4.90 Å². The first-order chi connectivity index (χ1) is 14.1. The fourth-order valence-electron chi connectivity index (χ4n) is 3.98. The van der Waals surface area contributed by atoms with Crippen molar-refractivity contribution >= 4 is 11.6 Å². The number of hydrogen-bond donors (Lipinski definition) is 2. The molecule has 152 valence electrons. The molecular weight excluding hydrogens is 389 g/mol. The molecule has 2 atom stereocenters. The Morgan fingerprint density at radius 3 is 2.69 bits per heavy atom. The lowest BCUT2D eigenvalue weighted by Gasteiger charge is -2.37. The van der Waals surface area contributed by atoms with E-state index in [2.05, 4.69) is 10.2 Å². The molecule has 2 N–H and O–H groups in total. The zero-order chi connectivity index (χ0) is 20.2. The molecule has 2 heterocycles. The summed E-state index contributed by atoms with van der Waals surface area (Å²) in [7, 11) is 0. The smallest absolute Gasteiger partial charge is 0.128 e. The molecule has 1 saturated heterocycles. The lowest BCUT2D eigenvalue weighted by molar-refractivity contribution is 0.0691. The highest BCUT2D eigenvalue weighted by molar-refractivity contribution is 6.30. The van der Waals surface area contributed by atoms with Crippen LogP contribution < -0.4 is 5.32 Å². The number of nitrogens with zero attached hydrogens (tertiary/aromatic N) is 2. The predicted octanol–water partition coefficient (Wildman–Crippen LogP) is 4.01. The number of hydrogen-bond acceptors (Lipinski definition) is 3. The summed E-state index contributed by atoms with van der Waals surface area (Å²) in [6.07, 6.45) is 1.23. The maximum Gasteiger partial charge on any atom is 0.128 e. The molecular formula is C23H25ClFN3O. The van der Waals surface area contributed by atoms with Gasteiger partial charge in [0.1, 0.15) is 11.9 Å². The van der Waals surface area contributed by atoms with E-state index in [4.69, 9.17) is 11.6 Å². The Balaban J connectivity index is 1.50. The Morgan fingerprint density at radius 2 is 1.90 bits per heavy atom. The second kappa shape index (κ2) is 9.09. The fourth-order valence-corrected chi connectivity index (χ4v) is 4.10. The number of halogens is 2. The normalized spacial score (nSPS) is 18.7. The zero-order valence-electron chi connectivity index (χ0n) is 16.1. The van der Waals surface area contributed by atoms with Gasteiger partial charge in [0.2, 0.25) is 0 Å². The van der Waals surface area contributed by atoms with Gasteiger partial charge >= 0.3 is 0 Å². The molecule has 0 aliphatic carbocycles. The average molecular weight is 414 g/mol. The third-order valence-corrected chi connectivity index (χ3v) is 5.77. The van der Waals surface area contributed by atoms with E-state index in [1.54, 1.807) is 12.1 Å². The topological polar surface area (TPSA) is 40.4 Å². The van der Waals surface area contributed by atoms with E-state index in [1.807, 2.05) is 53.2 Å². The van der Waals surface area contributed by atoms with Gasteiger partial charge in [0, 0.05) is 54.7 Å². The van der Waals surface area contributed by atoms with Gasteiger partial charge in [-0.05, 0) is 35.9 Å². The quantitative estimate of drug-likeness (QED) is 0.641. The third-order valence-electron chi connectivity index (χ3n) is 5.52. The van der Waals surface area contributed by atoms with Crippen molar-refractivity contribution in [1.29, 1.82) is 0 Å². The third kappa shape index (κ3) is 4.70. The van der Waals surface area contributed by atoms with Crippen molar-refractivity contribution in [1.82, 2.24) is 14.8 Å². The number of aromatic nitrogens is 1. The Labute approximate surface area is 175 Å². The SMILES string of the molecule is OC(CN1CCNCC1c1ccc(Cl)cc1)c1cccn1Cc1ccccc1F. The molecule has 1 aliphatic heterocycles. The van der Waals surface area contributed by atoms with Crippen LogP contribution in [0, 0.1) is 5.82 Å². The molecule has 2 aromatic carbocycles. The largest absolute Gasteiger partial charge is 0.386 e. The van der Waals surface area contributed by atoms with Crippen molar-refractivity contribution in [3.05, 3.63) is 94.5 Å². The van der Waals surface area contributed by atoms with Crippen LogP contribution in [0.4, 0.5) is 4.39 Å². The van der Waals surface area contributed by atoms with Gasteiger partial charge in [-0.25, -0.2) is 4.39 Å². The Kier molecular flexibility index (Phi) is 6.31. The average Bonchev–Trinajstić information content (AvgIpc) is 3.19. The summed E-state index contributed by atoms with van der Waals surface area (Å²) in [5, 5.41) is 15.2. The summed E-state index contributed by atoms with van der Waals surface area (Å²) in [5.41, 5.74) is 2.58. The van der Waals surface area contributed by atoms with Gasteiger partial charge in [0.15, 0.2) is 0 Å². The minimum Gasteiger partial charge on any atom is -0.386 e. The van der Waals surface area contributed by atoms with Crippen LogP contribution in [0.1, 0.15) is 29.0 Å². The predicted molar refractivity (Wildman–Crippen MR) is 114 cm³/mol. The van der Waals surface area contributed by atoms with Crippen molar-refractivity contribution in [2.75, 3.05) is 26.2 Å². The first kappa shape index (κ1) is 20.1. The summed E-state index contributed by atoms with van der Waals surface area (Å²) in [6.45, 7) is 3.46. The minimum atomic E-state index is -0.662. The van der Waals surface area contributed by atoms with Crippen LogP contribution in [0.5, 0.6) is 0 Å². The molecule has 0 spiro atoms. The fraction of sp³-hybridized carbons (Fsp3) is 0.304. The van der Waals surface area contributed by atoms with Gasteiger partial charge in [-0.15, -0.1) is 0 Å². The van der Waals surface area contributed by atoms with Crippen molar-refractivity contribution in [3.63, 3.8) is 0 Å². The lowest BCUT2D eigenvalue weighted by Crippen LogP contribution is -2.47. The maximum absolute atomic E-state index is 14.1. The summed E-state index contributed by atoms with van der Waals surface area (Å²) in [6, 6.07) is 18.6. The molecule has 0 radical (unpaired) electrons. The van der Waals surface area contributed by atoms with Crippen molar-refractivity contribution in [2.24, 2.45) is 0 Å². The number of β-amino-alcohol motifs (C(OH)–C–C–N with tert-alkyl or cyclic N) is 1. The van der Waals surface area contributed by atoms with Gasteiger partial charge < -0.3 is 15.0 Å². The molecule has 1 aromatic heterocycles. The van der Waals surface area contributed by atoms with E-state index in [0.717, 1.165) is 30.4 Å². The first-order valence-corrected chi connectivity index (χ1v) is 10.3. The van der Waals surface area contributed by atoms with E-state index in [0.29, 0.717) is 18.7 Å². The van der Waals surface area contributed by atoms with Crippen LogP contribution in [-0.4, -0.2) is 40.8 Å². The molecule has 4 rings (SSSR count). The lowest BCUT2D eigenvalue weighted by atomic mass is 10.0. The number of aliphatic hydroxyl groups excluding tert-OH is 1. The molecule has 2 unspecified atom stereocenters. The number of rotatable bonds is 6. The monoisotopic (exact) mass is 413 g/mol. The van der Waals surface area contributed by atoms with E-state index < -0.39 is 6.10 Å². The highest BCUT2D eigenvalue weighted by atomic mass is 35.5. The molecule has 1 fully saturated rings. The molecule has 0 bridgehead atoms. The first-order valence-electron chi connectivity index (χ1n) is 9.88. The second-order valence-electron chi connectivity index (χ2n) is 7.43.